The molecule has 9 nitrogen and oxygen atoms in total. The second-order valence-electron chi connectivity index (χ2n) is 12.5. The molecule has 1 aliphatic rings. The lowest BCUT2D eigenvalue weighted by molar-refractivity contribution is -0.155. The number of cyclic esters (lactones) is 1. The van der Waals surface area contributed by atoms with Gasteiger partial charge in [-0.25, -0.2) is 14.4 Å². The van der Waals surface area contributed by atoms with Crippen LogP contribution >= 0.6 is 0 Å². The molecular formula is C30H49NO8. The van der Waals surface area contributed by atoms with Crippen LogP contribution in [0.3, 0.4) is 0 Å². The van der Waals surface area contributed by atoms with Gasteiger partial charge in [0.25, 0.3) is 0 Å². The molecule has 39 heavy (non-hydrogen) atoms. The Morgan fingerprint density at radius 2 is 1.51 bits per heavy atom. The molecule has 1 fully saturated rings. The minimum atomic E-state index is -1.30. The third-order valence-corrected chi connectivity index (χ3v) is 5.56. The van der Waals surface area contributed by atoms with Crippen molar-refractivity contribution >= 4 is 18.2 Å². The van der Waals surface area contributed by atoms with Crippen molar-refractivity contribution in [2.24, 2.45) is 11.8 Å². The molecule has 9 heteroatoms. The molecule has 1 aliphatic heterocycles. The number of esters is 1. The number of imide groups is 1. The van der Waals surface area contributed by atoms with E-state index in [1.807, 2.05) is 26.0 Å². The number of aryl methyl sites for hydroxylation is 1. The van der Waals surface area contributed by atoms with Crippen molar-refractivity contribution in [3.63, 3.8) is 0 Å². The number of aromatic hydroxyl groups is 1. The number of carbonyl (C=O) groups excluding carboxylic acids is 3. The van der Waals surface area contributed by atoms with Gasteiger partial charge in [0, 0.05) is 6.61 Å². The van der Waals surface area contributed by atoms with E-state index in [4.69, 9.17) is 24.1 Å². The van der Waals surface area contributed by atoms with Crippen molar-refractivity contribution < 1.29 is 38.4 Å². The standard InChI is InChI=1S/C23H41NO7.C7H8O/c1-15(2)10-11-17-12-16(3)29-19(25)18(14-28-13-17)24(20(26)30-22(4,5)6)21(27)31-23(7,8)9;1-6-2-4-7(8)5-3-6/h15-18H,10-14H2,1-9H3;2-5,8H,1H3/t16?,17?,18-;/m0./s1. The highest BCUT2D eigenvalue weighted by Gasteiger charge is 2.42. The Morgan fingerprint density at radius 3 is 1.95 bits per heavy atom. The lowest BCUT2D eigenvalue weighted by Crippen LogP contribution is -2.54. The minimum Gasteiger partial charge on any atom is -0.508 e. The zero-order chi connectivity index (χ0) is 30.0. The number of benzene rings is 1. The first-order valence-corrected chi connectivity index (χ1v) is 13.7. The molecule has 2 unspecified atom stereocenters. The largest absolute Gasteiger partial charge is 0.508 e. The molecule has 1 aromatic carbocycles. The van der Waals surface area contributed by atoms with Gasteiger partial charge in [-0.15, -0.1) is 0 Å². The van der Waals surface area contributed by atoms with Crippen LogP contribution in [0.1, 0.15) is 87.1 Å². The number of phenols is 1. The predicted molar refractivity (Wildman–Crippen MR) is 149 cm³/mol. The molecule has 222 valence electrons. The fraction of sp³-hybridized carbons (Fsp3) is 0.700. The summed E-state index contributed by atoms with van der Waals surface area (Å²) in [6.07, 6.45) is 0.329. The third kappa shape index (κ3) is 14.2. The smallest absolute Gasteiger partial charge is 0.420 e. The molecule has 2 rings (SSSR count). The number of hydrogen-bond acceptors (Lipinski definition) is 8. The summed E-state index contributed by atoms with van der Waals surface area (Å²) in [7, 11) is 0. The molecule has 0 bridgehead atoms. The van der Waals surface area contributed by atoms with Gasteiger partial charge in [0.1, 0.15) is 17.0 Å². The van der Waals surface area contributed by atoms with E-state index in [1.165, 1.54) is 5.56 Å². The average molecular weight is 552 g/mol. The van der Waals surface area contributed by atoms with Gasteiger partial charge in [0.05, 0.1) is 12.7 Å². The van der Waals surface area contributed by atoms with Crippen molar-refractivity contribution in [1.29, 1.82) is 0 Å². The first kappa shape index (κ1) is 34.2. The van der Waals surface area contributed by atoms with Crippen LogP contribution in [0.5, 0.6) is 5.75 Å². The molecule has 0 spiro atoms. The predicted octanol–water partition coefficient (Wildman–Crippen LogP) is 6.63. The van der Waals surface area contributed by atoms with Crippen molar-refractivity contribution in [3.05, 3.63) is 29.8 Å². The van der Waals surface area contributed by atoms with E-state index in [0.717, 1.165) is 12.8 Å². The highest BCUT2D eigenvalue weighted by Crippen LogP contribution is 2.24. The second kappa shape index (κ2) is 15.1. The lowest BCUT2D eigenvalue weighted by atomic mass is 9.94. The van der Waals surface area contributed by atoms with E-state index in [0.29, 0.717) is 29.6 Å². The molecule has 0 saturated carbocycles. The minimum absolute atomic E-state index is 0.178. The van der Waals surface area contributed by atoms with E-state index >= 15 is 0 Å². The number of amides is 2. The lowest BCUT2D eigenvalue weighted by Gasteiger charge is -2.32. The summed E-state index contributed by atoms with van der Waals surface area (Å²) in [6.45, 7) is 18.4. The summed E-state index contributed by atoms with van der Waals surface area (Å²) in [6, 6.07) is 5.80. The molecule has 1 N–H and O–H groups in total. The first-order valence-electron chi connectivity index (χ1n) is 13.7. The normalized spacial score (nSPS) is 20.4. The van der Waals surface area contributed by atoms with Crippen LogP contribution in [0.2, 0.25) is 0 Å². The van der Waals surface area contributed by atoms with Gasteiger partial charge in [-0.3, -0.25) is 0 Å². The summed E-state index contributed by atoms with van der Waals surface area (Å²) in [5.41, 5.74) is -0.561. The molecule has 3 atom stereocenters. The van der Waals surface area contributed by atoms with Crippen LogP contribution in [0.25, 0.3) is 0 Å². The second-order valence-corrected chi connectivity index (χ2v) is 12.5. The van der Waals surface area contributed by atoms with Crippen LogP contribution < -0.4 is 0 Å². The Kier molecular flexibility index (Phi) is 13.3. The van der Waals surface area contributed by atoms with Gasteiger partial charge in [-0.2, -0.15) is 4.90 Å². The van der Waals surface area contributed by atoms with E-state index in [1.54, 1.807) is 53.7 Å². The fourth-order valence-corrected chi connectivity index (χ4v) is 3.72. The molecular weight excluding hydrogens is 502 g/mol. The van der Waals surface area contributed by atoms with Gasteiger partial charge in [0.15, 0.2) is 6.04 Å². The number of nitrogens with zero attached hydrogens (tertiary/aromatic N) is 1. The van der Waals surface area contributed by atoms with Crippen LogP contribution in [0.15, 0.2) is 24.3 Å². The van der Waals surface area contributed by atoms with Gasteiger partial charge in [0.2, 0.25) is 0 Å². The average Bonchev–Trinajstić information content (AvgIpc) is 2.82. The van der Waals surface area contributed by atoms with Crippen molar-refractivity contribution in [1.82, 2.24) is 4.90 Å². The quantitative estimate of drug-likeness (QED) is 0.328. The highest BCUT2D eigenvalue weighted by atomic mass is 16.6. The zero-order valence-electron chi connectivity index (χ0n) is 25.4. The summed E-state index contributed by atoms with van der Waals surface area (Å²) >= 11 is 0. The molecule has 1 aromatic rings. The summed E-state index contributed by atoms with van der Waals surface area (Å²) in [4.78, 5) is 39.4. The zero-order valence-corrected chi connectivity index (χ0v) is 25.4. The summed E-state index contributed by atoms with van der Waals surface area (Å²) < 4.78 is 22.2. The van der Waals surface area contributed by atoms with Gasteiger partial charge in [-0.1, -0.05) is 38.0 Å². The molecule has 1 saturated heterocycles. The number of ether oxygens (including phenoxy) is 4. The van der Waals surface area contributed by atoms with Gasteiger partial charge < -0.3 is 24.1 Å². The Labute approximate surface area is 234 Å². The van der Waals surface area contributed by atoms with Gasteiger partial charge in [-0.05, 0) is 92.2 Å². The molecule has 0 aromatic heterocycles. The molecule has 1 heterocycles. The van der Waals surface area contributed by atoms with E-state index < -0.39 is 35.4 Å². The number of hydrogen-bond donors (Lipinski definition) is 1. The topological polar surface area (TPSA) is 112 Å². The van der Waals surface area contributed by atoms with Crippen LogP contribution in [0, 0.1) is 18.8 Å². The monoisotopic (exact) mass is 551 g/mol. The highest BCUT2D eigenvalue weighted by molar-refractivity contribution is 5.94. The van der Waals surface area contributed by atoms with Crippen LogP contribution in [-0.4, -0.2) is 64.7 Å². The first-order chi connectivity index (χ1) is 17.9. The molecule has 0 aliphatic carbocycles. The van der Waals surface area contributed by atoms with Crippen LogP contribution in [-0.2, 0) is 23.7 Å². The maximum atomic E-state index is 12.9. The maximum absolute atomic E-state index is 12.9. The SMILES string of the molecule is CC(C)CCC1COC[C@H](N(C(=O)OC(C)(C)C)C(=O)OC(C)(C)C)C(=O)OC(C)C1.Cc1ccc(O)cc1. The number of phenolic OH excluding ortho intramolecular Hbond substituents is 1. The molecule has 2 amide bonds. The molecule has 0 radical (unpaired) electrons. The summed E-state index contributed by atoms with van der Waals surface area (Å²) in [5.74, 6) is 0.401. The van der Waals surface area contributed by atoms with Crippen molar-refractivity contribution in [3.8, 4) is 5.75 Å². The fourth-order valence-electron chi connectivity index (χ4n) is 3.72. The maximum Gasteiger partial charge on any atom is 0.420 e. The number of rotatable bonds is 4. The Hall–Kier alpha value is -2.81. The summed E-state index contributed by atoms with van der Waals surface area (Å²) in [5, 5.41) is 8.76. The van der Waals surface area contributed by atoms with E-state index in [9.17, 15) is 14.4 Å². The Balaban J connectivity index is 0.000000806. The van der Waals surface area contributed by atoms with Crippen molar-refractivity contribution in [2.45, 2.75) is 112 Å². The van der Waals surface area contributed by atoms with Crippen molar-refractivity contribution in [2.75, 3.05) is 13.2 Å². The third-order valence-electron chi connectivity index (χ3n) is 5.56. The van der Waals surface area contributed by atoms with Crippen LogP contribution in [0.4, 0.5) is 9.59 Å². The Bertz CT molecular complexity index is 865. The number of carbonyl (C=O) groups is 3. The van der Waals surface area contributed by atoms with E-state index in [2.05, 4.69) is 13.8 Å². The van der Waals surface area contributed by atoms with E-state index in [-0.39, 0.29) is 18.6 Å². The Morgan fingerprint density at radius 1 is 1.00 bits per heavy atom. The van der Waals surface area contributed by atoms with Gasteiger partial charge >= 0.3 is 18.2 Å².